The van der Waals surface area contributed by atoms with E-state index in [0.717, 1.165) is 38.5 Å². The molecule has 2 saturated carbocycles. The number of hydrogen-bond acceptors (Lipinski definition) is 2. The van der Waals surface area contributed by atoms with Crippen molar-refractivity contribution in [2.75, 3.05) is 0 Å². The molecule has 2 nitrogen and oxygen atoms in total. The van der Waals surface area contributed by atoms with Gasteiger partial charge in [-0.25, -0.2) is 0 Å². The SMILES string of the molecule is CC1CCCC(=O)C1.CC1CCCC(=O)C1. The molecule has 0 aromatic carbocycles. The predicted octanol–water partition coefficient (Wildman–Crippen LogP) is 3.53. The summed E-state index contributed by atoms with van der Waals surface area (Å²) in [5, 5.41) is 0. The van der Waals surface area contributed by atoms with E-state index in [1.54, 1.807) is 0 Å². The van der Waals surface area contributed by atoms with Crippen LogP contribution in [0.25, 0.3) is 0 Å². The van der Waals surface area contributed by atoms with Gasteiger partial charge in [0.05, 0.1) is 0 Å². The Kier molecular flexibility index (Phi) is 5.72. The number of Topliss-reactive ketones (excluding diaryl/α,β-unsaturated/α-hetero) is 2. The highest BCUT2D eigenvalue weighted by molar-refractivity contribution is 5.79. The molecule has 0 aromatic rings. The van der Waals surface area contributed by atoms with E-state index in [0.29, 0.717) is 23.4 Å². The van der Waals surface area contributed by atoms with Crippen molar-refractivity contribution in [1.29, 1.82) is 0 Å². The summed E-state index contributed by atoms with van der Waals surface area (Å²) in [7, 11) is 0. The van der Waals surface area contributed by atoms with Crippen LogP contribution in [0.5, 0.6) is 0 Å². The summed E-state index contributed by atoms with van der Waals surface area (Å²) in [4.78, 5) is 21.3. The first-order valence-corrected chi connectivity index (χ1v) is 6.61. The van der Waals surface area contributed by atoms with Crippen LogP contribution in [0.1, 0.15) is 65.2 Å². The second-order valence-corrected chi connectivity index (χ2v) is 5.48. The molecule has 2 unspecified atom stereocenters. The van der Waals surface area contributed by atoms with Gasteiger partial charge in [-0.15, -0.1) is 0 Å². The molecule has 0 bridgehead atoms. The summed E-state index contributed by atoms with van der Waals surface area (Å²) in [6, 6.07) is 0. The Hall–Kier alpha value is -0.660. The lowest BCUT2D eigenvalue weighted by Gasteiger charge is -2.14. The average molecular weight is 224 g/mol. The average Bonchev–Trinajstić information content (AvgIpc) is 2.17. The first kappa shape index (κ1) is 13.4. The maximum atomic E-state index is 10.7. The summed E-state index contributed by atoms with van der Waals surface area (Å²) in [5.74, 6) is 2.25. The number of hydrogen-bond donors (Lipinski definition) is 0. The summed E-state index contributed by atoms with van der Waals surface area (Å²) < 4.78 is 0. The van der Waals surface area contributed by atoms with Crippen LogP contribution in [0.15, 0.2) is 0 Å². The van der Waals surface area contributed by atoms with Crippen molar-refractivity contribution in [3.8, 4) is 0 Å². The van der Waals surface area contributed by atoms with Crippen LogP contribution in [-0.2, 0) is 9.59 Å². The van der Waals surface area contributed by atoms with E-state index in [2.05, 4.69) is 13.8 Å². The molecule has 92 valence electrons. The van der Waals surface area contributed by atoms with Gasteiger partial charge in [0.2, 0.25) is 0 Å². The third-order valence-electron chi connectivity index (χ3n) is 3.46. The van der Waals surface area contributed by atoms with E-state index in [1.807, 2.05) is 0 Å². The molecular weight excluding hydrogens is 200 g/mol. The Labute approximate surface area is 98.8 Å². The molecule has 0 saturated heterocycles. The Balaban J connectivity index is 0.000000160. The van der Waals surface area contributed by atoms with Gasteiger partial charge in [-0.3, -0.25) is 9.59 Å². The minimum atomic E-state index is 0.462. The summed E-state index contributed by atoms with van der Waals surface area (Å²) in [6.45, 7) is 4.30. The molecule has 2 fully saturated rings. The van der Waals surface area contributed by atoms with Gasteiger partial charge < -0.3 is 0 Å². The van der Waals surface area contributed by atoms with Gasteiger partial charge in [-0.05, 0) is 37.5 Å². The lowest BCUT2D eigenvalue weighted by molar-refractivity contribution is -0.122. The van der Waals surface area contributed by atoms with E-state index in [4.69, 9.17) is 0 Å². The molecule has 0 amide bonds. The second kappa shape index (κ2) is 6.82. The van der Waals surface area contributed by atoms with Gasteiger partial charge in [-0.1, -0.05) is 13.8 Å². The van der Waals surface area contributed by atoms with Crippen molar-refractivity contribution in [3.63, 3.8) is 0 Å². The van der Waals surface area contributed by atoms with Crippen molar-refractivity contribution in [2.24, 2.45) is 11.8 Å². The molecule has 2 atom stereocenters. The smallest absolute Gasteiger partial charge is 0.133 e. The number of carbonyl (C=O) groups is 2. The molecule has 2 aliphatic carbocycles. The van der Waals surface area contributed by atoms with Gasteiger partial charge in [0.25, 0.3) is 0 Å². The Morgan fingerprint density at radius 2 is 1.19 bits per heavy atom. The number of carbonyl (C=O) groups excluding carboxylic acids is 2. The second-order valence-electron chi connectivity index (χ2n) is 5.48. The zero-order valence-corrected chi connectivity index (χ0v) is 10.6. The molecular formula is C14H24O2. The van der Waals surface area contributed by atoms with E-state index in [9.17, 15) is 9.59 Å². The van der Waals surface area contributed by atoms with Crippen LogP contribution < -0.4 is 0 Å². The Morgan fingerprint density at radius 3 is 1.38 bits per heavy atom. The number of ketones is 2. The van der Waals surface area contributed by atoms with Gasteiger partial charge >= 0.3 is 0 Å². The molecule has 0 aliphatic heterocycles. The van der Waals surface area contributed by atoms with Crippen molar-refractivity contribution in [1.82, 2.24) is 0 Å². The monoisotopic (exact) mass is 224 g/mol. The highest BCUT2D eigenvalue weighted by atomic mass is 16.1. The summed E-state index contributed by atoms with van der Waals surface area (Å²) in [5.41, 5.74) is 0. The quantitative estimate of drug-likeness (QED) is 0.630. The molecule has 0 spiro atoms. The largest absolute Gasteiger partial charge is 0.300 e. The van der Waals surface area contributed by atoms with E-state index >= 15 is 0 Å². The first-order valence-electron chi connectivity index (χ1n) is 6.61. The van der Waals surface area contributed by atoms with Crippen molar-refractivity contribution < 1.29 is 9.59 Å². The standard InChI is InChI=1S/2C7H12O/c2*1-6-3-2-4-7(8)5-6/h2*6H,2-5H2,1H3. The van der Waals surface area contributed by atoms with Crippen LogP contribution in [-0.4, -0.2) is 11.6 Å². The fraction of sp³-hybridized carbons (Fsp3) is 0.857. The van der Waals surface area contributed by atoms with E-state index in [1.165, 1.54) is 12.8 Å². The van der Waals surface area contributed by atoms with Crippen molar-refractivity contribution in [2.45, 2.75) is 65.2 Å². The summed E-state index contributed by atoms with van der Waals surface area (Å²) >= 11 is 0. The molecule has 2 aliphatic rings. The molecule has 0 N–H and O–H groups in total. The predicted molar refractivity (Wildman–Crippen MR) is 65.3 cm³/mol. The Bertz CT molecular complexity index is 219. The minimum Gasteiger partial charge on any atom is -0.300 e. The van der Waals surface area contributed by atoms with E-state index in [-0.39, 0.29) is 0 Å². The zero-order valence-electron chi connectivity index (χ0n) is 10.6. The van der Waals surface area contributed by atoms with Crippen LogP contribution in [0, 0.1) is 11.8 Å². The first-order chi connectivity index (χ1) is 7.58. The number of rotatable bonds is 0. The van der Waals surface area contributed by atoms with Crippen LogP contribution in [0.4, 0.5) is 0 Å². The van der Waals surface area contributed by atoms with Crippen molar-refractivity contribution >= 4 is 11.6 Å². The maximum Gasteiger partial charge on any atom is 0.133 e. The molecule has 0 radical (unpaired) electrons. The molecule has 16 heavy (non-hydrogen) atoms. The third kappa shape index (κ3) is 5.43. The van der Waals surface area contributed by atoms with Crippen LogP contribution >= 0.6 is 0 Å². The van der Waals surface area contributed by atoms with Crippen LogP contribution in [0.3, 0.4) is 0 Å². The van der Waals surface area contributed by atoms with Crippen LogP contribution in [0.2, 0.25) is 0 Å². The third-order valence-corrected chi connectivity index (χ3v) is 3.46. The molecule has 0 aromatic heterocycles. The van der Waals surface area contributed by atoms with Gasteiger partial charge in [0, 0.05) is 25.7 Å². The molecule has 2 rings (SSSR count). The molecule has 2 heteroatoms. The Morgan fingerprint density at radius 1 is 0.812 bits per heavy atom. The normalized spacial score (nSPS) is 30.6. The zero-order chi connectivity index (χ0) is 12.0. The minimum absolute atomic E-state index is 0.462. The topological polar surface area (TPSA) is 34.1 Å². The van der Waals surface area contributed by atoms with Gasteiger partial charge in [0.1, 0.15) is 11.6 Å². The van der Waals surface area contributed by atoms with Crippen molar-refractivity contribution in [3.05, 3.63) is 0 Å². The lowest BCUT2D eigenvalue weighted by Crippen LogP contribution is -2.11. The van der Waals surface area contributed by atoms with Gasteiger partial charge in [-0.2, -0.15) is 0 Å². The lowest BCUT2D eigenvalue weighted by atomic mass is 9.90. The maximum absolute atomic E-state index is 10.7. The summed E-state index contributed by atoms with van der Waals surface area (Å²) in [6.07, 6.45) is 8.10. The highest BCUT2D eigenvalue weighted by Gasteiger charge is 2.14. The van der Waals surface area contributed by atoms with E-state index < -0.39 is 0 Å². The fourth-order valence-corrected chi connectivity index (χ4v) is 2.48. The fourth-order valence-electron chi connectivity index (χ4n) is 2.48. The highest BCUT2D eigenvalue weighted by Crippen LogP contribution is 2.20. The van der Waals surface area contributed by atoms with Gasteiger partial charge in [0.15, 0.2) is 0 Å². The molecule has 0 heterocycles.